The topological polar surface area (TPSA) is 50.7 Å². The zero-order valence-electron chi connectivity index (χ0n) is 19.5. The van der Waals surface area contributed by atoms with Crippen molar-refractivity contribution in [1.29, 1.82) is 0 Å². The van der Waals surface area contributed by atoms with Crippen LogP contribution in [0.1, 0.15) is 24.5 Å². The highest BCUT2D eigenvalue weighted by molar-refractivity contribution is 5.74. The maximum Gasteiger partial charge on any atom is 0.193 e. The molecule has 0 saturated carbocycles. The normalized spacial score (nSPS) is 12.6. The Morgan fingerprint density at radius 3 is 2.64 bits per heavy atom. The molecular weight excluding hydrogens is 412 g/mol. The Balaban J connectivity index is 1.46. The van der Waals surface area contributed by atoms with Gasteiger partial charge in [-0.2, -0.15) is 0 Å². The Morgan fingerprint density at radius 1 is 1.12 bits per heavy atom. The molecule has 2 heterocycles. The zero-order chi connectivity index (χ0) is 23.4. The van der Waals surface area contributed by atoms with Gasteiger partial charge in [-0.05, 0) is 63.3 Å². The van der Waals surface area contributed by atoms with Gasteiger partial charge in [0.05, 0.1) is 31.2 Å². The summed E-state index contributed by atoms with van der Waals surface area (Å²) in [6.45, 7) is 12.4. The highest BCUT2D eigenvalue weighted by atomic mass is 16.5. The Hall–Kier alpha value is -3.64. The number of ether oxygens (including phenoxy) is 2. The van der Waals surface area contributed by atoms with Crippen LogP contribution in [-0.2, 0) is 6.54 Å². The summed E-state index contributed by atoms with van der Waals surface area (Å²) in [5, 5.41) is 0. The summed E-state index contributed by atoms with van der Waals surface area (Å²) < 4.78 is 11.6. The van der Waals surface area contributed by atoms with Crippen LogP contribution in [0.15, 0.2) is 73.9 Å². The minimum absolute atomic E-state index is 0.612. The van der Waals surface area contributed by atoms with E-state index in [1.54, 1.807) is 12.4 Å². The summed E-state index contributed by atoms with van der Waals surface area (Å²) in [6, 6.07) is 14.3. The van der Waals surface area contributed by atoms with Crippen LogP contribution in [0.5, 0.6) is 11.5 Å². The molecule has 3 aromatic rings. The number of fused-ring (bicyclic) bond motifs is 1. The summed E-state index contributed by atoms with van der Waals surface area (Å²) in [5.41, 5.74) is 5.16. The van der Waals surface area contributed by atoms with E-state index >= 15 is 0 Å². The third-order valence-corrected chi connectivity index (χ3v) is 5.44. The quantitative estimate of drug-likeness (QED) is 0.415. The van der Waals surface area contributed by atoms with E-state index in [1.807, 2.05) is 31.2 Å². The van der Waals surface area contributed by atoms with Gasteiger partial charge in [-0.3, -0.25) is 0 Å². The molecule has 0 saturated heterocycles. The van der Waals surface area contributed by atoms with Crippen molar-refractivity contribution in [2.45, 2.75) is 19.9 Å². The first-order valence-corrected chi connectivity index (χ1v) is 11.0. The van der Waals surface area contributed by atoms with E-state index in [1.165, 1.54) is 0 Å². The number of benzene rings is 2. The van der Waals surface area contributed by atoms with Crippen LogP contribution in [0.4, 0.5) is 5.69 Å². The van der Waals surface area contributed by atoms with E-state index in [0.717, 1.165) is 46.7 Å². The number of anilines is 1. The van der Waals surface area contributed by atoms with Crippen LogP contribution < -0.4 is 14.4 Å². The minimum atomic E-state index is 0.612. The lowest BCUT2D eigenvalue weighted by Crippen LogP contribution is -2.18. The molecule has 0 spiro atoms. The van der Waals surface area contributed by atoms with Crippen LogP contribution in [-0.4, -0.2) is 42.1 Å². The van der Waals surface area contributed by atoms with Gasteiger partial charge >= 0.3 is 0 Å². The second-order valence-corrected chi connectivity index (χ2v) is 8.49. The lowest BCUT2D eigenvalue weighted by Gasteiger charge is -2.18. The molecule has 4 rings (SSSR count). The Bertz CT molecular complexity index is 1160. The molecule has 170 valence electrons. The SMILES string of the molecule is C=C(C)c1ccc2c(c1)N(Cc1cccc(-c3ncc(OCCCN(C)C)cn3)c1)C(=C)O2. The second kappa shape index (κ2) is 9.88. The molecule has 0 bridgehead atoms. The van der Waals surface area contributed by atoms with Crippen LogP contribution in [0.2, 0.25) is 0 Å². The van der Waals surface area contributed by atoms with Crippen LogP contribution >= 0.6 is 0 Å². The Labute approximate surface area is 195 Å². The summed E-state index contributed by atoms with van der Waals surface area (Å²) in [5.74, 6) is 2.77. The Morgan fingerprint density at radius 2 is 1.91 bits per heavy atom. The molecule has 1 aliphatic rings. The largest absolute Gasteiger partial charge is 0.490 e. The van der Waals surface area contributed by atoms with Crippen molar-refractivity contribution in [2.75, 3.05) is 32.1 Å². The van der Waals surface area contributed by atoms with Crippen molar-refractivity contribution >= 4 is 11.3 Å². The molecule has 33 heavy (non-hydrogen) atoms. The lowest BCUT2D eigenvalue weighted by molar-refractivity contribution is 0.280. The Kier molecular flexibility index (Phi) is 6.75. The monoisotopic (exact) mass is 442 g/mol. The van der Waals surface area contributed by atoms with Crippen molar-refractivity contribution in [3.8, 4) is 22.9 Å². The van der Waals surface area contributed by atoms with E-state index < -0.39 is 0 Å². The average molecular weight is 443 g/mol. The van der Waals surface area contributed by atoms with Gasteiger partial charge in [-0.15, -0.1) is 0 Å². The van der Waals surface area contributed by atoms with E-state index in [4.69, 9.17) is 9.47 Å². The van der Waals surface area contributed by atoms with E-state index in [0.29, 0.717) is 30.6 Å². The van der Waals surface area contributed by atoms with Crippen LogP contribution in [0.3, 0.4) is 0 Å². The fourth-order valence-electron chi connectivity index (χ4n) is 3.67. The molecule has 0 radical (unpaired) electrons. The van der Waals surface area contributed by atoms with Gasteiger partial charge in [0, 0.05) is 12.1 Å². The smallest absolute Gasteiger partial charge is 0.193 e. The third-order valence-electron chi connectivity index (χ3n) is 5.44. The molecular formula is C27H30N4O2. The molecule has 0 N–H and O–H groups in total. The number of allylic oxidation sites excluding steroid dienone is 1. The minimum Gasteiger partial charge on any atom is -0.490 e. The standard InChI is InChI=1S/C27H30N4O2/c1-19(2)22-10-11-26-25(15-22)31(20(3)33-26)18-21-8-6-9-23(14-21)27-28-16-24(17-29-27)32-13-7-12-30(4)5/h6,8-11,14-17H,1,3,7,12-13,18H2,2,4-5H3. The van der Waals surface area contributed by atoms with Gasteiger partial charge in [0.15, 0.2) is 23.2 Å². The average Bonchev–Trinajstić information content (AvgIpc) is 3.11. The second-order valence-electron chi connectivity index (χ2n) is 8.49. The molecule has 1 aromatic heterocycles. The molecule has 0 amide bonds. The van der Waals surface area contributed by atoms with Gasteiger partial charge < -0.3 is 19.3 Å². The van der Waals surface area contributed by atoms with Crippen molar-refractivity contribution in [3.05, 3.63) is 85.0 Å². The van der Waals surface area contributed by atoms with E-state index in [2.05, 4.69) is 65.2 Å². The van der Waals surface area contributed by atoms with E-state index in [9.17, 15) is 0 Å². The molecule has 0 fully saturated rings. The van der Waals surface area contributed by atoms with Crippen LogP contribution in [0.25, 0.3) is 17.0 Å². The predicted octanol–water partition coefficient (Wildman–Crippen LogP) is 5.38. The number of nitrogens with zero attached hydrogens (tertiary/aromatic N) is 4. The molecule has 0 atom stereocenters. The van der Waals surface area contributed by atoms with Crippen molar-refractivity contribution < 1.29 is 9.47 Å². The first kappa shape index (κ1) is 22.6. The van der Waals surface area contributed by atoms with Gasteiger partial charge in [-0.1, -0.05) is 36.4 Å². The number of rotatable bonds is 9. The number of hydrogen-bond acceptors (Lipinski definition) is 6. The molecule has 0 unspecified atom stereocenters. The molecule has 1 aliphatic heterocycles. The molecule has 2 aromatic carbocycles. The lowest BCUT2D eigenvalue weighted by atomic mass is 10.1. The predicted molar refractivity (Wildman–Crippen MR) is 133 cm³/mol. The maximum atomic E-state index is 5.87. The first-order valence-electron chi connectivity index (χ1n) is 11.0. The molecule has 0 aliphatic carbocycles. The summed E-state index contributed by atoms with van der Waals surface area (Å²) in [6.07, 6.45) is 4.42. The highest BCUT2D eigenvalue weighted by Crippen LogP contribution is 2.41. The number of hydrogen-bond donors (Lipinski definition) is 0. The molecule has 6 nitrogen and oxygen atoms in total. The summed E-state index contributed by atoms with van der Waals surface area (Å²) in [7, 11) is 4.10. The van der Waals surface area contributed by atoms with Crippen LogP contribution in [0, 0.1) is 0 Å². The van der Waals surface area contributed by atoms with Gasteiger partial charge in [0.1, 0.15) is 0 Å². The fraction of sp³-hybridized carbons (Fsp3) is 0.259. The van der Waals surface area contributed by atoms with Crippen molar-refractivity contribution in [2.24, 2.45) is 0 Å². The summed E-state index contributed by atoms with van der Waals surface area (Å²) in [4.78, 5) is 13.2. The van der Waals surface area contributed by atoms with Crippen molar-refractivity contribution in [3.63, 3.8) is 0 Å². The third kappa shape index (κ3) is 5.41. The zero-order valence-corrected chi connectivity index (χ0v) is 19.5. The van der Waals surface area contributed by atoms with Gasteiger partial charge in [0.2, 0.25) is 0 Å². The first-order chi connectivity index (χ1) is 15.9. The van der Waals surface area contributed by atoms with Gasteiger partial charge in [-0.25, -0.2) is 9.97 Å². The number of aromatic nitrogens is 2. The van der Waals surface area contributed by atoms with E-state index in [-0.39, 0.29) is 0 Å². The van der Waals surface area contributed by atoms with Crippen molar-refractivity contribution in [1.82, 2.24) is 14.9 Å². The van der Waals surface area contributed by atoms with Gasteiger partial charge in [0.25, 0.3) is 0 Å². The maximum absolute atomic E-state index is 5.87. The highest BCUT2D eigenvalue weighted by Gasteiger charge is 2.25. The molecule has 6 heteroatoms. The fourth-order valence-corrected chi connectivity index (χ4v) is 3.67. The summed E-state index contributed by atoms with van der Waals surface area (Å²) >= 11 is 0.